The van der Waals surface area contributed by atoms with Gasteiger partial charge >= 0.3 is 0 Å². The van der Waals surface area contributed by atoms with Gasteiger partial charge in [0.2, 0.25) is 15.9 Å². The van der Waals surface area contributed by atoms with Crippen LogP contribution >= 0.6 is 0 Å². The Balaban J connectivity index is 1.58. The van der Waals surface area contributed by atoms with E-state index in [1.165, 1.54) is 15.8 Å². The molecular weight excluding hydrogens is 356 g/mol. The Morgan fingerprint density at radius 3 is 2.77 bits per heavy atom. The zero-order chi connectivity index (χ0) is 18.3. The van der Waals surface area contributed by atoms with Crippen molar-refractivity contribution >= 4 is 15.5 Å². The molecule has 9 nitrogen and oxygen atoms in total. The van der Waals surface area contributed by atoms with Crippen LogP contribution in [0.4, 0.5) is 0 Å². The van der Waals surface area contributed by atoms with Crippen molar-refractivity contribution in [3.05, 3.63) is 42.3 Å². The molecule has 4 heterocycles. The highest BCUT2D eigenvalue weighted by Gasteiger charge is 2.36. The molecule has 0 amide bonds. The maximum atomic E-state index is 12.0. The fourth-order valence-corrected chi connectivity index (χ4v) is 4.04. The number of fused-ring (bicyclic) bond motifs is 1. The molecule has 0 radical (unpaired) electrons. The van der Waals surface area contributed by atoms with Gasteiger partial charge in [-0.25, -0.2) is 17.9 Å². The van der Waals surface area contributed by atoms with Gasteiger partial charge in [0.1, 0.15) is 11.6 Å². The van der Waals surface area contributed by atoms with Gasteiger partial charge in [-0.1, -0.05) is 6.08 Å². The molecular formula is C16H18N6O3S. The lowest BCUT2D eigenvalue weighted by atomic mass is 10.2. The van der Waals surface area contributed by atoms with Gasteiger partial charge in [-0.2, -0.15) is 14.5 Å². The molecule has 26 heavy (non-hydrogen) atoms. The van der Waals surface area contributed by atoms with Gasteiger partial charge < -0.3 is 4.74 Å². The van der Waals surface area contributed by atoms with Crippen LogP contribution in [-0.2, 0) is 17.1 Å². The van der Waals surface area contributed by atoms with Gasteiger partial charge in [0, 0.05) is 24.2 Å². The highest BCUT2D eigenvalue weighted by Crippen LogP contribution is 2.26. The van der Waals surface area contributed by atoms with Gasteiger partial charge in [0.05, 0.1) is 37.4 Å². The molecule has 0 bridgehead atoms. The van der Waals surface area contributed by atoms with E-state index in [1.54, 1.807) is 28.5 Å². The summed E-state index contributed by atoms with van der Waals surface area (Å²) in [6, 6.07) is 1.81. The smallest absolute Gasteiger partial charge is 0.241 e. The van der Waals surface area contributed by atoms with Crippen LogP contribution in [0.5, 0.6) is 5.88 Å². The van der Waals surface area contributed by atoms with Crippen LogP contribution in [-0.4, -0.2) is 56.3 Å². The Morgan fingerprint density at radius 1 is 1.27 bits per heavy atom. The van der Waals surface area contributed by atoms with Crippen LogP contribution in [0.3, 0.4) is 0 Å². The number of nitrogens with zero attached hydrogens (tertiary/aromatic N) is 6. The number of ether oxygens (including phenoxy) is 1. The first-order valence-electron chi connectivity index (χ1n) is 8.09. The maximum Gasteiger partial charge on any atom is 0.241 e. The molecule has 0 saturated carbocycles. The first-order valence-corrected chi connectivity index (χ1v) is 9.59. The molecule has 136 valence electrons. The number of allylic oxidation sites excluding steroid dienone is 1. The first kappa shape index (κ1) is 16.7. The third-order valence-corrected chi connectivity index (χ3v) is 5.75. The van der Waals surface area contributed by atoms with E-state index in [1.807, 2.05) is 25.5 Å². The van der Waals surface area contributed by atoms with E-state index in [4.69, 9.17) is 4.74 Å². The molecule has 0 N–H and O–H groups in total. The zero-order valence-corrected chi connectivity index (χ0v) is 15.2. The van der Waals surface area contributed by atoms with Crippen molar-refractivity contribution in [1.82, 2.24) is 28.7 Å². The number of sulfonamides is 1. The Labute approximate surface area is 150 Å². The second kappa shape index (κ2) is 6.22. The molecule has 10 heteroatoms. The zero-order valence-electron chi connectivity index (χ0n) is 14.3. The predicted molar refractivity (Wildman–Crippen MR) is 94.9 cm³/mol. The topological polar surface area (TPSA) is 94.6 Å². The average molecular weight is 374 g/mol. The van der Waals surface area contributed by atoms with Crippen molar-refractivity contribution < 1.29 is 13.2 Å². The monoisotopic (exact) mass is 374 g/mol. The second-order valence-electron chi connectivity index (χ2n) is 6.07. The normalized spacial score (nSPS) is 16.4. The minimum Gasteiger partial charge on any atom is -0.470 e. The van der Waals surface area contributed by atoms with Gasteiger partial charge in [0.25, 0.3) is 0 Å². The van der Waals surface area contributed by atoms with E-state index in [0.29, 0.717) is 24.7 Å². The summed E-state index contributed by atoms with van der Waals surface area (Å²) < 4.78 is 34.7. The number of aryl methyl sites for hydroxylation is 1. The SMILES string of the molecule is C/C=C\S(=O)(=O)N1CC(Oc2nc(-c3cnn(C)c3)cn3nccc23)C1. The van der Waals surface area contributed by atoms with Crippen LogP contribution in [0.2, 0.25) is 0 Å². The van der Waals surface area contributed by atoms with Crippen molar-refractivity contribution in [3.8, 4) is 17.1 Å². The van der Waals surface area contributed by atoms with Crippen molar-refractivity contribution in [1.29, 1.82) is 0 Å². The molecule has 0 aliphatic carbocycles. The second-order valence-corrected chi connectivity index (χ2v) is 7.88. The molecule has 3 aromatic rings. The van der Waals surface area contributed by atoms with Crippen molar-refractivity contribution in [2.24, 2.45) is 7.05 Å². The largest absolute Gasteiger partial charge is 0.470 e. The van der Waals surface area contributed by atoms with Crippen LogP contribution < -0.4 is 4.74 Å². The van der Waals surface area contributed by atoms with Crippen molar-refractivity contribution in [3.63, 3.8) is 0 Å². The highest BCUT2D eigenvalue weighted by atomic mass is 32.2. The minimum absolute atomic E-state index is 0.245. The quantitative estimate of drug-likeness (QED) is 0.663. The molecule has 1 aliphatic rings. The summed E-state index contributed by atoms with van der Waals surface area (Å²) in [5.74, 6) is 0.428. The Hall–Kier alpha value is -2.72. The standard InChI is InChI=1S/C16H18N6O3S/c1-3-6-26(23,24)21-9-13(10-21)25-16-15-4-5-17-22(15)11-14(19-16)12-7-18-20(2)8-12/h3-8,11,13H,9-10H2,1-2H3/b6-3-. The molecule has 3 aromatic heterocycles. The number of hydrogen-bond acceptors (Lipinski definition) is 6. The molecule has 0 unspecified atom stereocenters. The summed E-state index contributed by atoms with van der Waals surface area (Å²) in [5.41, 5.74) is 2.26. The van der Waals surface area contributed by atoms with Crippen LogP contribution in [0, 0.1) is 0 Å². The maximum absolute atomic E-state index is 12.0. The predicted octanol–water partition coefficient (Wildman–Crippen LogP) is 1.06. The van der Waals surface area contributed by atoms with Crippen molar-refractivity contribution in [2.45, 2.75) is 13.0 Å². The Kier molecular flexibility index (Phi) is 4.00. The lowest BCUT2D eigenvalue weighted by Gasteiger charge is -2.36. The van der Waals surface area contributed by atoms with E-state index in [0.717, 1.165) is 11.1 Å². The van der Waals surface area contributed by atoms with E-state index in [-0.39, 0.29) is 6.10 Å². The fraction of sp³-hybridized carbons (Fsp3) is 0.312. The van der Waals surface area contributed by atoms with Gasteiger partial charge in [-0.3, -0.25) is 4.68 Å². The summed E-state index contributed by atoms with van der Waals surface area (Å²) in [7, 11) is -1.52. The summed E-state index contributed by atoms with van der Waals surface area (Å²) in [4.78, 5) is 4.58. The van der Waals surface area contributed by atoms with E-state index in [2.05, 4.69) is 15.2 Å². The highest BCUT2D eigenvalue weighted by molar-refractivity contribution is 7.92. The van der Waals surface area contributed by atoms with E-state index in [9.17, 15) is 8.42 Å². The molecule has 0 aromatic carbocycles. The van der Waals surface area contributed by atoms with Crippen LogP contribution in [0.1, 0.15) is 6.92 Å². The Morgan fingerprint density at radius 2 is 2.08 bits per heavy atom. The van der Waals surface area contributed by atoms with E-state index < -0.39 is 10.0 Å². The van der Waals surface area contributed by atoms with Crippen LogP contribution in [0.25, 0.3) is 16.8 Å². The lowest BCUT2D eigenvalue weighted by Crippen LogP contribution is -2.55. The third kappa shape index (κ3) is 2.97. The number of rotatable bonds is 5. The summed E-state index contributed by atoms with van der Waals surface area (Å²) in [6.45, 7) is 2.27. The molecule has 1 saturated heterocycles. The van der Waals surface area contributed by atoms with E-state index >= 15 is 0 Å². The third-order valence-electron chi connectivity index (χ3n) is 4.12. The molecule has 1 fully saturated rings. The number of hydrogen-bond donors (Lipinski definition) is 0. The fourth-order valence-electron chi connectivity index (χ4n) is 2.78. The van der Waals surface area contributed by atoms with Crippen LogP contribution in [0.15, 0.2) is 42.3 Å². The summed E-state index contributed by atoms with van der Waals surface area (Å²) >= 11 is 0. The molecule has 4 rings (SSSR count). The minimum atomic E-state index is -3.36. The van der Waals surface area contributed by atoms with Crippen molar-refractivity contribution in [2.75, 3.05) is 13.1 Å². The Bertz CT molecular complexity index is 1080. The number of aromatic nitrogens is 5. The van der Waals surface area contributed by atoms with Gasteiger partial charge in [0.15, 0.2) is 0 Å². The van der Waals surface area contributed by atoms with Gasteiger partial charge in [-0.15, -0.1) is 0 Å². The molecule has 0 atom stereocenters. The molecule has 1 aliphatic heterocycles. The van der Waals surface area contributed by atoms with Gasteiger partial charge in [-0.05, 0) is 13.0 Å². The average Bonchev–Trinajstić information content (AvgIpc) is 3.18. The lowest BCUT2D eigenvalue weighted by molar-refractivity contribution is 0.0742. The summed E-state index contributed by atoms with van der Waals surface area (Å²) in [5, 5.41) is 9.61. The summed E-state index contributed by atoms with van der Waals surface area (Å²) in [6.07, 6.45) is 8.32. The first-order chi connectivity index (χ1) is 12.5. The molecule has 0 spiro atoms.